The van der Waals surface area contributed by atoms with Gasteiger partial charge in [0.1, 0.15) is 0 Å². The van der Waals surface area contributed by atoms with Gasteiger partial charge in [-0.15, -0.1) is 0 Å². The highest BCUT2D eigenvalue weighted by Crippen LogP contribution is 2.18. The molecular formula is C18H24N2O4. The maximum absolute atomic E-state index is 12.0. The number of benzene rings is 1. The normalized spacial score (nSPS) is 15.8. The van der Waals surface area contributed by atoms with Gasteiger partial charge in [-0.25, -0.2) is 0 Å². The molecule has 0 radical (unpaired) electrons. The first-order chi connectivity index (χ1) is 11.5. The summed E-state index contributed by atoms with van der Waals surface area (Å²) in [4.78, 5) is 36.9. The van der Waals surface area contributed by atoms with Crippen LogP contribution in [0.15, 0.2) is 24.3 Å². The number of likely N-dealkylation sites (tertiary alicyclic amines) is 1. The molecule has 6 nitrogen and oxygen atoms in total. The van der Waals surface area contributed by atoms with E-state index in [0.29, 0.717) is 24.2 Å². The fourth-order valence-corrected chi connectivity index (χ4v) is 2.83. The Morgan fingerprint density at radius 1 is 1.17 bits per heavy atom. The summed E-state index contributed by atoms with van der Waals surface area (Å²) in [5, 5.41) is 2.83. The molecule has 2 rings (SSSR count). The maximum atomic E-state index is 12.0. The molecule has 6 heteroatoms. The minimum Gasteiger partial charge on any atom is -0.469 e. The molecule has 1 saturated heterocycles. The van der Waals surface area contributed by atoms with Crippen molar-refractivity contribution in [2.75, 3.05) is 32.1 Å². The van der Waals surface area contributed by atoms with Crippen LogP contribution in [0.4, 0.5) is 5.69 Å². The van der Waals surface area contributed by atoms with Gasteiger partial charge in [-0.2, -0.15) is 0 Å². The molecule has 0 aromatic heterocycles. The van der Waals surface area contributed by atoms with Gasteiger partial charge >= 0.3 is 5.97 Å². The predicted molar refractivity (Wildman–Crippen MR) is 90.9 cm³/mol. The number of methoxy groups -OCH3 is 1. The zero-order valence-corrected chi connectivity index (χ0v) is 14.2. The third-order valence-corrected chi connectivity index (χ3v) is 4.35. The van der Waals surface area contributed by atoms with Crippen LogP contribution in [0.3, 0.4) is 0 Å². The van der Waals surface area contributed by atoms with Crippen molar-refractivity contribution in [1.29, 1.82) is 0 Å². The number of nitrogens with one attached hydrogen (secondary N) is 1. The molecule has 0 saturated carbocycles. The Kier molecular flexibility index (Phi) is 6.49. The molecule has 0 bridgehead atoms. The van der Waals surface area contributed by atoms with Crippen LogP contribution in [0.5, 0.6) is 0 Å². The highest BCUT2D eigenvalue weighted by atomic mass is 16.5. The lowest BCUT2D eigenvalue weighted by atomic mass is 9.97. The number of ketones is 1. The van der Waals surface area contributed by atoms with E-state index in [0.717, 1.165) is 25.9 Å². The highest BCUT2D eigenvalue weighted by Gasteiger charge is 2.25. The van der Waals surface area contributed by atoms with Crippen LogP contribution in [0.25, 0.3) is 0 Å². The Morgan fingerprint density at radius 3 is 2.33 bits per heavy atom. The number of Topliss-reactive ketones (excluding diaryl/α,β-unsaturated/α-hetero) is 1. The fourth-order valence-electron chi connectivity index (χ4n) is 2.83. The van der Waals surface area contributed by atoms with Crippen molar-refractivity contribution in [2.45, 2.75) is 26.2 Å². The van der Waals surface area contributed by atoms with E-state index >= 15 is 0 Å². The summed E-state index contributed by atoms with van der Waals surface area (Å²) in [6.07, 6.45) is 1.96. The number of nitrogens with zero attached hydrogens (tertiary/aromatic N) is 1. The Bertz CT molecular complexity index is 590. The van der Waals surface area contributed by atoms with Gasteiger partial charge < -0.3 is 15.0 Å². The predicted octanol–water partition coefficient (Wildman–Crippen LogP) is 2.10. The van der Waals surface area contributed by atoms with Gasteiger partial charge in [-0.3, -0.25) is 14.4 Å². The Hall–Kier alpha value is -2.21. The summed E-state index contributed by atoms with van der Waals surface area (Å²) in [6, 6.07) is 6.87. The Balaban J connectivity index is 1.72. The lowest BCUT2D eigenvalue weighted by molar-refractivity contribution is -0.147. The van der Waals surface area contributed by atoms with Crippen LogP contribution in [-0.4, -0.2) is 49.3 Å². The molecule has 130 valence electrons. The summed E-state index contributed by atoms with van der Waals surface area (Å²) in [7, 11) is 1.42. The minimum absolute atomic E-state index is 0.00299. The number of anilines is 1. The van der Waals surface area contributed by atoms with Crippen LogP contribution in [-0.2, 0) is 14.3 Å². The first-order valence-electron chi connectivity index (χ1n) is 8.20. The molecule has 0 spiro atoms. The summed E-state index contributed by atoms with van der Waals surface area (Å²) in [5.74, 6) is -0.204. The molecule has 1 aromatic carbocycles. The zero-order chi connectivity index (χ0) is 17.5. The standard InChI is InChI=1S/C18H24N2O4/c1-13(21)14-3-5-16(6-4-14)19-17(22)9-12-20-10-7-15(8-11-20)18(23)24-2/h3-6,15H,7-12H2,1-2H3,(H,19,22). The second kappa shape index (κ2) is 8.59. The number of rotatable bonds is 6. The second-order valence-corrected chi connectivity index (χ2v) is 6.07. The quantitative estimate of drug-likeness (QED) is 0.638. The van der Waals surface area contributed by atoms with Gasteiger partial charge in [0.15, 0.2) is 5.78 Å². The molecule has 24 heavy (non-hydrogen) atoms. The van der Waals surface area contributed by atoms with Crippen LogP contribution in [0.2, 0.25) is 0 Å². The van der Waals surface area contributed by atoms with Crippen LogP contribution < -0.4 is 5.32 Å². The summed E-state index contributed by atoms with van der Waals surface area (Å²) in [6.45, 7) is 3.79. The first kappa shape index (κ1) is 18.1. The number of amides is 1. The molecule has 0 aliphatic carbocycles. The van der Waals surface area contributed by atoms with E-state index in [4.69, 9.17) is 4.74 Å². The summed E-state index contributed by atoms with van der Waals surface area (Å²) in [5.41, 5.74) is 1.32. The summed E-state index contributed by atoms with van der Waals surface area (Å²) < 4.78 is 4.77. The fraction of sp³-hybridized carbons (Fsp3) is 0.500. The van der Waals surface area contributed by atoms with E-state index in [1.807, 2.05) is 0 Å². The number of piperidine rings is 1. The van der Waals surface area contributed by atoms with Crippen molar-refractivity contribution in [3.63, 3.8) is 0 Å². The number of hydrogen-bond acceptors (Lipinski definition) is 5. The average molecular weight is 332 g/mol. The number of hydrogen-bond donors (Lipinski definition) is 1. The molecule has 1 aromatic rings. The van der Waals surface area contributed by atoms with E-state index in [9.17, 15) is 14.4 Å². The second-order valence-electron chi connectivity index (χ2n) is 6.07. The third kappa shape index (κ3) is 5.16. The molecular weight excluding hydrogens is 308 g/mol. The topological polar surface area (TPSA) is 75.7 Å². The number of carbonyl (C=O) groups is 3. The van der Waals surface area contributed by atoms with E-state index in [1.165, 1.54) is 14.0 Å². The number of carbonyl (C=O) groups excluding carboxylic acids is 3. The molecule has 0 unspecified atom stereocenters. The zero-order valence-electron chi connectivity index (χ0n) is 14.2. The van der Waals surface area contributed by atoms with E-state index in [-0.39, 0.29) is 23.6 Å². The third-order valence-electron chi connectivity index (χ3n) is 4.35. The van der Waals surface area contributed by atoms with Crippen molar-refractivity contribution in [1.82, 2.24) is 4.90 Å². The lowest BCUT2D eigenvalue weighted by Gasteiger charge is -2.30. The van der Waals surface area contributed by atoms with Crippen LogP contribution in [0, 0.1) is 5.92 Å². The van der Waals surface area contributed by atoms with Crippen LogP contribution in [0.1, 0.15) is 36.5 Å². The number of esters is 1. The van der Waals surface area contributed by atoms with Gasteiger partial charge in [0, 0.05) is 24.2 Å². The number of ether oxygens (including phenoxy) is 1. The van der Waals surface area contributed by atoms with Gasteiger partial charge in [0.25, 0.3) is 0 Å². The lowest BCUT2D eigenvalue weighted by Crippen LogP contribution is -2.38. The molecule has 1 aliphatic heterocycles. The monoisotopic (exact) mass is 332 g/mol. The van der Waals surface area contributed by atoms with Gasteiger partial charge in [0.05, 0.1) is 13.0 Å². The smallest absolute Gasteiger partial charge is 0.308 e. The first-order valence-corrected chi connectivity index (χ1v) is 8.20. The van der Waals surface area contributed by atoms with E-state index in [1.54, 1.807) is 24.3 Å². The molecule has 1 amide bonds. The van der Waals surface area contributed by atoms with Gasteiger partial charge in [-0.05, 0) is 57.1 Å². The highest BCUT2D eigenvalue weighted by molar-refractivity contribution is 5.95. The van der Waals surface area contributed by atoms with Gasteiger partial charge in [0.2, 0.25) is 5.91 Å². The van der Waals surface area contributed by atoms with Crippen molar-refractivity contribution < 1.29 is 19.1 Å². The van der Waals surface area contributed by atoms with Crippen molar-refractivity contribution in [3.8, 4) is 0 Å². The van der Waals surface area contributed by atoms with Crippen molar-refractivity contribution in [3.05, 3.63) is 29.8 Å². The Labute approximate surface area is 142 Å². The largest absolute Gasteiger partial charge is 0.469 e. The molecule has 0 atom stereocenters. The SMILES string of the molecule is COC(=O)C1CCN(CCC(=O)Nc2ccc(C(C)=O)cc2)CC1. The van der Waals surface area contributed by atoms with Crippen LogP contribution >= 0.6 is 0 Å². The molecule has 1 N–H and O–H groups in total. The van der Waals surface area contributed by atoms with E-state index < -0.39 is 0 Å². The minimum atomic E-state index is -0.138. The molecule has 1 fully saturated rings. The maximum Gasteiger partial charge on any atom is 0.308 e. The van der Waals surface area contributed by atoms with Gasteiger partial charge in [-0.1, -0.05) is 0 Å². The average Bonchev–Trinajstić information content (AvgIpc) is 2.60. The van der Waals surface area contributed by atoms with Crippen molar-refractivity contribution >= 4 is 23.3 Å². The molecule has 1 aliphatic rings. The summed E-state index contributed by atoms with van der Waals surface area (Å²) >= 11 is 0. The molecule has 1 heterocycles. The Morgan fingerprint density at radius 2 is 1.79 bits per heavy atom. The van der Waals surface area contributed by atoms with E-state index in [2.05, 4.69) is 10.2 Å². The van der Waals surface area contributed by atoms with Crippen molar-refractivity contribution in [2.24, 2.45) is 5.92 Å².